The number of rotatable bonds is 2. The first-order chi connectivity index (χ1) is 7.53. The third-order valence-corrected chi connectivity index (χ3v) is 4.16. The van der Waals surface area contributed by atoms with Crippen molar-refractivity contribution in [3.05, 3.63) is 23.2 Å². The third-order valence-electron chi connectivity index (χ3n) is 4.16. The van der Waals surface area contributed by atoms with Crippen LogP contribution in [0.3, 0.4) is 0 Å². The summed E-state index contributed by atoms with van der Waals surface area (Å²) in [5, 5.41) is 0. The average Bonchev–Trinajstić information content (AvgIpc) is 2.58. The van der Waals surface area contributed by atoms with Gasteiger partial charge in [0.1, 0.15) is 11.5 Å². The zero-order valence-corrected chi connectivity index (χ0v) is 10.7. The Hall–Kier alpha value is -0.760. The van der Waals surface area contributed by atoms with E-state index in [1.54, 1.807) is 0 Å². The molecule has 1 atom stereocenters. The van der Waals surface area contributed by atoms with Gasteiger partial charge in [0.15, 0.2) is 0 Å². The summed E-state index contributed by atoms with van der Waals surface area (Å²) in [6.45, 7) is 6.35. The predicted octanol–water partition coefficient (Wildman–Crippen LogP) is 3.87. The van der Waals surface area contributed by atoms with Crippen LogP contribution in [0.4, 0.5) is 0 Å². The van der Waals surface area contributed by atoms with Gasteiger partial charge in [0, 0.05) is 11.6 Å². The van der Waals surface area contributed by atoms with Crippen LogP contribution in [0.1, 0.15) is 62.2 Å². The second kappa shape index (κ2) is 4.25. The lowest BCUT2D eigenvalue weighted by molar-refractivity contribution is 0.169. The van der Waals surface area contributed by atoms with E-state index in [1.807, 2.05) is 13.8 Å². The van der Waals surface area contributed by atoms with Crippen LogP contribution >= 0.6 is 0 Å². The number of hydrogen-bond donors (Lipinski definition) is 1. The number of aryl methyl sites for hydroxylation is 2. The topological polar surface area (TPSA) is 39.2 Å². The number of hydrogen-bond acceptors (Lipinski definition) is 2. The molecule has 90 valence electrons. The molecule has 0 bridgehead atoms. The smallest absolute Gasteiger partial charge is 0.105 e. The zero-order chi connectivity index (χ0) is 11.8. The predicted molar refractivity (Wildman–Crippen MR) is 66.3 cm³/mol. The van der Waals surface area contributed by atoms with E-state index in [9.17, 15) is 0 Å². The van der Waals surface area contributed by atoms with Crippen LogP contribution in [-0.4, -0.2) is 0 Å². The SMILES string of the molecule is Cc1cc(C(N)C2(C)CCCCC2)c(C)o1. The lowest BCUT2D eigenvalue weighted by atomic mass is 9.69. The molecule has 1 aliphatic carbocycles. The first kappa shape index (κ1) is 11.7. The summed E-state index contributed by atoms with van der Waals surface area (Å²) in [4.78, 5) is 0. The lowest BCUT2D eigenvalue weighted by Gasteiger charge is -2.38. The molecule has 2 rings (SSSR count). The molecule has 1 fully saturated rings. The summed E-state index contributed by atoms with van der Waals surface area (Å²) in [5.41, 5.74) is 7.93. The minimum Gasteiger partial charge on any atom is -0.466 e. The van der Waals surface area contributed by atoms with Crippen molar-refractivity contribution in [3.8, 4) is 0 Å². The zero-order valence-electron chi connectivity index (χ0n) is 10.7. The van der Waals surface area contributed by atoms with Crippen LogP contribution in [0.15, 0.2) is 10.5 Å². The number of nitrogens with two attached hydrogens (primary N) is 1. The molecule has 1 aliphatic rings. The molecule has 0 amide bonds. The third kappa shape index (κ3) is 2.03. The van der Waals surface area contributed by atoms with Crippen molar-refractivity contribution >= 4 is 0 Å². The van der Waals surface area contributed by atoms with Crippen molar-refractivity contribution in [1.82, 2.24) is 0 Å². The summed E-state index contributed by atoms with van der Waals surface area (Å²) in [6.07, 6.45) is 6.50. The van der Waals surface area contributed by atoms with E-state index < -0.39 is 0 Å². The highest BCUT2D eigenvalue weighted by molar-refractivity contribution is 5.25. The van der Waals surface area contributed by atoms with Gasteiger partial charge in [-0.3, -0.25) is 0 Å². The van der Waals surface area contributed by atoms with Crippen LogP contribution in [0.25, 0.3) is 0 Å². The van der Waals surface area contributed by atoms with Crippen LogP contribution in [0, 0.1) is 19.3 Å². The van der Waals surface area contributed by atoms with Crippen molar-refractivity contribution in [2.45, 2.75) is 58.9 Å². The van der Waals surface area contributed by atoms with Gasteiger partial charge in [-0.2, -0.15) is 0 Å². The summed E-state index contributed by atoms with van der Waals surface area (Å²) >= 11 is 0. The lowest BCUT2D eigenvalue weighted by Crippen LogP contribution is -2.34. The molecule has 0 aromatic carbocycles. The van der Waals surface area contributed by atoms with Crippen LogP contribution in [-0.2, 0) is 0 Å². The quantitative estimate of drug-likeness (QED) is 0.823. The van der Waals surface area contributed by atoms with Crippen molar-refractivity contribution in [3.63, 3.8) is 0 Å². The van der Waals surface area contributed by atoms with Gasteiger partial charge in [0.05, 0.1) is 0 Å². The molecule has 1 heterocycles. The van der Waals surface area contributed by atoms with Gasteiger partial charge in [0.25, 0.3) is 0 Å². The molecule has 2 heteroatoms. The molecule has 0 aliphatic heterocycles. The molecule has 1 aromatic heterocycles. The summed E-state index contributed by atoms with van der Waals surface area (Å²) in [5.74, 6) is 1.97. The van der Waals surface area contributed by atoms with Gasteiger partial charge in [-0.05, 0) is 38.2 Å². The van der Waals surface area contributed by atoms with E-state index in [1.165, 1.54) is 37.7 Å². The maximum Gasteiger partial charge on any atom is 0.105 e. The Labute approximate surface area is 98.2 Å². The van der Waals surface area contributed by atoms with Crippen LogP contribution in [0.5, 0.6) is 0 Å². The molecular weight excluding hydrogens is 198 g/mol. The van der Waals surface area contributed by atoms with Crippen molar-refractivity contribution < 1.29 is 4.42 Å². The fraction of sp³-hybridized carbons (Fsp3) is 0.714. The molecule has 2 N–H and O–H groups in total. The Morgan fingerprint density at radius 1 is 1.25 bits per heavy atom. The minimum atomic E-state index is 0.130. The largest absolute Gasteiger partial charge is 0.466 e. The normalized spacial score (nSPS) is 22.0. The fourth-order valence-electron chi connectivity index (χ4n) is 3.01. The monoisotopic (exact) mass is 221 g/mol. The summed E-state index contributed by atoms with van der Waals surface area (Å²) < 4.78 is 5.59. The highest BCUT2D eigenvalue weighted by atomic mass is 16.3. The molecular formula is C14H23NO. The highest BCUT2D eigenvalue weighted by Crippen LogP contribution is 2.45. The standard InChI is InChI=1S/C14H23NO/c1-10-9-12(11(2)16-10)13(15)14(3)7-5-4-6-8-14/h9,13H,4-8,15H2,1-3H3. The van der Waals surface area contributed by atoms with Crippen molar-refractivity contribution in [1.29, 1.82) is 0 Å². The molecule has 2 nitrogen and oxygen atoms in total. The number of furan rings is 1. The first-order valence-corrected chi connectivity index (χ1v) is 6.35. The van der Waals surface area contributed by atoms with E-state index >= 15 is 0 Å². The van der Waals surface area contributed by atoms with Gasteiger partial charge >= 0.3 is 0 Å². The average molecular weight is 221 g/mol. The van der Waals surface area contributed by atoms with Crippen molar-refractivity contribution in [2.24, 2.45) is 11.1 Å². The van der Waals surface area contributed by atoms with Gasteiger partial charge in [0.2, 0.25) is 0 Å². The fourth-order valence-corrected chi connectivity index (χ4v) is 3.01. The molecule has 0 radical (unpaired) electrons. The Morgan fingerprint density at radius 2 is 1.88 bits per heavy atom. The second-order valence-electron chi connectivity index (χ2n) is 5.56. The Morgan fingerprint density at radius 3 is 2.38 bits per heavy atom. The molecule has 1 saturated carbocycles. The first-order valence-electron chi connectivity index (χ1n) is 6.35. The van der Waals surface area contributed by atoms with E-state index in [4.69, 9.17) is 10.2 Å². The van der Waals surface area contributed by atoms with Crippen molar-refractivity contribution in [2.75, 3.05) is 0 Å². The Kier molecular flexibility index (Phi) is 3.11. The highest BCUT2D eigenvalue weighted by Gasteiger charge is 2.35. The maximum absolute atomic E-state index is 6.46. The molecule has 16 heavy (non-hydrogen) atoms. The van der Waals surface area contributed by atoms with Gasteiger partial charge in [-0.1, -0.05) is 26.2 Å². The molecule has 1 unspecified atom stereocenters. The second-order valence-corrected chi connectivity index (χ2v) is 5.56. The van der Waals surface area contributed by atoms with Gasteiger partial charge in [-0.25, -0.2) is 0 Å². The van der Waals surface area contributed by atoms with Crippen LogP contribution in [0.2, 0.25) is 0 Å². The molecule has 0 saturated heterocycles. The van der Waals surface area contributed by atoms with E-state index in [2.05, 4.69) is 13.0 Å². The molecule has 1 aromatic rings. The van der Waals surface area contributed by atoms with Gasteiger partial charge < -0.3 is 10.2 Å². The Balaban J connectivity index is 2.23. The summed E-state index contributed by atoms with van der Waals surface area (Å²) in [7, 11) is 0. The summed E-state index contributed by atoms with van der Waals surface area (Å²) in [6, 6.07) is 2.24. The van der Waals surface area contributed by atoms with E-state index in [0.717, 1.165) is 11.5 Å². The Bertz CT molecular complexity index is 361. The van der Waals surface area contributed by atoms with Crippen LogP contribution < -0.4 is 5.73 Å². The molecule has 0 spiro atoms. The maximum atomic E-state index is 6.46. The van der Waals surface area contributed by atoms with E-state index in [0.29, 0.717) is 0 Å². The van der Waals surface area contributed by atoms with E-state index in [-0.39, 0.29) is 11.5 Å². The minimum absolute atomic E-state index is 0.130. The van der Waals surface area contributed by atoms with Gasteiger partial charge in [-0.15, -0.1) is 0 Å².